The summed E-state index contributed by atoms with van der Waals surface area (Å²) in [6.07, 6.45) is 4.13. The zero-order valence-corrected chi connectivity index (χ0v) is 14.1. The second-order valence-corrected chi connectivity index (χ2v) is 12.0. The van der Waals surface area contributed by atoms with Gasteiger partial charge in [0.2, 0.25) is 0 Å². The minimum Gasteiger partial charge on any atom is -0.417 e. The first kappa shape index (κ1) is 16.8. The highest BCUT2D eigenvalue weighted by Gasteiger charge is 2.36. The average molecular weight is 257 g/mol. The van der Waals surface area contributed by atoms with Crippen LogP contribution in [0.4, 0.5) is 0 Å². The van der Waals surface area contributed by atoms with Gasteiger partial charge < -0.3 is 4.43 Å². The van der Waals surface area contributed by atoms with Gasteiger partial charge in [0.15, 0.2) is 8.32 Å². The molecule has 0 fully saturated rings. The average Bonchev–Trinajstić information content (AvgIpc) is 2.07. The first-order valence-corrected chi connectivity index (χ1v) is 9.54. The van der Waals surface area contributed by atoms with Crippen LogP contribution in [0.25, 0.3) is 0 Å². The monoisotopic (exact) mass is 257 g/mol. The summed E-state index contributed by atoms with van der Waals surface area (Å²) in [4.78, 5) is 4.47. The van der Waals surface area contributed by atoms with Gasteiger partial charge in [-0.3, -0.25) is 4.99 Å². The molecule has 0 aromatic carbocycles. The summed E-state index contributed by atoms with van der Waals surface area (Å²) in [5.74, 6) is 0. The maximum absolute atomic E-state index is 6.10. The molecule has 0 spiro atoms. The standard InChI is InChI=1S/C14H31NOSi/c1-13(2,3)15-11-9-10-12-16-17(7,8)14(4,5)6/h11H,9-10,12H2,1-8H3. The topological polar surface area (TPSA) is 21.6 Å². The summed E-state index contributed by atoms with van der Waals surface area (Å²) in [6.45, 7) is 18.7. The molecule has 0 amide bonds. The molecular formula is C14H31NOSi. The van der Waals surface area contributed by atoms with E-state index in [1.54, 1.807) is 0 Å². The van der Waals surface area contributed by atoms with Gasteiger partial charge in [-0.25, -0.2) is 0 Å². The van der Waals surface area contributed by atoms with Crippen LogP contribution >= 0.6 is 0 Å². The molecule has 0 atom stereocenters. The molecule has 102 valence electrons. The third-order valence-electron chi connectivity index (χ3n) is 3.23. The van der Waals surface area contributed by atoms with Crippen LogP contribution in [0, 0.1) is 0 Å². The van der Waals surface area contributed by atoms with Crippen molar-refractivity contribution < 1.29 is 4.43 Å². The molecule has 2 nitrogen and oxygen atoms in total. The molecule has 0 unspecified atom stereocenters. The SMILES string of the molecule is CC(C)(C)N=CCCCO[Si](C)(C)C(C)(C)C. The Morgan fingerprint density at radius 1 is 1.06 bits per heavy atom. The lowest BCUT2D eigenvalue weighted by atomic mass is 10.1. The van der Waals surface area contributed by atoms with E-state index in [4.69, 9.17) is 4.43 Å². The van der Waals surface area contributed by atoms with Crippen molar-refractivity contribution in [2.75, 3.05) is 6.61 Å². The normalized spacial score (nSPS) is 14.6. The van der Waals surface area contributed by atoms with Crippen molar-refractivity contribution in [2.24, 2.45) is 4.99 Å². The van der Waals surface area contributed by atoms with E-state index in [0.29, 0.717) is 5.04 Å². The van der Waals surface area contributed by atoms with Gasteiger partial charge in [0.05, 0.1) is 5.54 Å². The number of unbranched alkanes of at least 4 members (excludes halogenated alkanes) is 1. The molecule has 0 rings (SSSR count). The van der Waals surface area contributed by atoms with Crippen LogP contribution < -0.4 is 0 Å². The molecule has 0 saturated carbocycles. The van der Waals surface area contributed by atoms with Crippen molar-refractivity contribution in [2.45, 2.75) is 78.1 Å². The van der Waals surface area contributed by atoms with E-state index >= 15 is 0 Å². The summed E-state index contributed by atoms with van der Waals surface area (Å²) >= 11 is 0. The predicted octanol–water partition coefficient (Wildman–Crippen LogP) is 4.66. The van der Waals surface area contributed by atoms with E-state index in [2.05, 4.69) is 59.6 Å². The molecule has 0 aliphatic carbocycles. The lowest BCUT2D eigenvalue weighted by Crippen LogP contribution is -2.40. The van der Waals surface area contributed by atoms with E-state index in [0.717, 1.165) is 19.4 Å². The Kier molecular flexibility index (Phi) is 6.09. The van der Waals surface area contributed by atoms with Gasteiger partial charge >= 0.3 is 0 Å². The van der Waals surface area contributed by atoms with Crippen LogP contribution in [0.15, 0.2) is 4.99 Å². The zero-order chi connectivity index (χ0) is 13.7. The highest BCUT2D eigenvalue weighted by molar-refractivity contribution is 6.74. The maximum atomic E-state index is 6.10. The molecule has 0 aromatic rings. The number of hydrogen-bond acceptors (Lipinski definition) is 2. The molecule has 0 aromatic heterocycles. The van der Waals surface area contributed by atoms with E-state index < -0.39 is 8.32 Å². The van der Waals surface area contributed by atoms with Crippen molar-refractivity contribution in [1.29, 1.82) is 0 Å². The second-order valence-electron chi connectivity index (χ2n) is 7.23. The highest BCUT2D eigenvalue weighted by atomic mass is 28.4. The van der Waals surface area contributed by atoms with Crippen LogP contribution in [-0.2, 0) is 4.43 Å². The van der Waals surface area contributed by atoms with Gasteiger partial charge in [0.1, 0.15) is 0 Å². The third kappa shape index (κ3) is 7.71. The van der Waals surface area contributed by atoms with Crippen LogP contribution in [-0.4, -0.2) is 26.7 Å². The van der Waals surface area contributed by atoms with E-state index in [1.807, 2.05) is 6.21 Å². The van der Waals surface area contributed by atoms with Crippen LogP contribution in [0.3, 0.4) is 0 Å². The van der Waals surface area contributed by atoms with Crippen LogP contribution in [0.1, 0.15) is 54.4 Å². The minimum atomic E-state index is -1.55. The summed E-state index contributed by atoms with van der Waals surface area (Å²) in [6, 6.07) is 0. The smallest absolute Gasteiger partial charge is 0.191 e. The molecule has 0 aliphatic rings. The fourth-order valence-corrected chi connectivity index (χ4v) is 2.14. The fraction of sp³-hybridized carbons (Fsp3) is 0.929. The second kappa shape index (κ2) is 6.14. The molecule has 17 heavy (non-hydrogen) atoms. The molecule has 0 heterocycles. The van der Waals surface area contributed by atoms with E-state index in [1.165, 1.54) is 0 Å². The summed E-state index contributed by atoms with van der Waals surface area (Å²) < 4.78 is 6.10. The summed E-state index contributed by atoms with van der Waals surface area (Å²) in [5.41, 5.74) is 0.0558. The number of aliphatic imine (C=N–C) groups is 1. The summed E-state index contributed by atoms with van der Waals surface area (Å²) in [7, 11) is -1.55. The number of nitrogens with zero attached hydrogens (tertiary/aromatic N) is 1. The van der Waals surface area contributed by atoms with E-state index in [9.17, 15) is 0 Å². The van der Waals surface area contributed by atoms with Crippen LogP contribution in [0.2, 0.25) is 18.1 Å². The number of hydrogen-bond donors (Lipinski definition) is 0. The predicted molar refractivity (Wildman–Crippen MR) is 80.6 cm³/mol. The molecule has 0 N–H and O–H groups in total. The van der Waals surface area contributed by atoms with Gasteiger partial charge in [-0.05, 0) is 58.0 Å². The molecule has 0 bridgehead atoms. The van der Waals surface area contributed by atoms with Crippen molar-refractivity contribution >= 4 is 14.5 Å². The van der Waals surface area contributed by atoms with Crippen molar-refractivity contribution in [3.8, 4) is 0 Å². The highest BCUT2D eigenvalue weighted by Crippen LogP contribution is 2.36. The Morgan fingerprint density at radius 3 is 2.00 bits per heavy atom. The first-order valence-electron chi connectivity index (χ1n) is 6.63. The molecule has 0 aliphatic heterocycles. The van der Waals surface area contributed by atoms with Crippen molar-refractivity contribution in [3.63, 3.8) is 0 Å². The summed E-state index contributed by atoms with van der Waals surface area (Å²) in [5, 5.41) is 0.312. The van der Waals surface area contributed by atoms with E-state index in [-0.39, 0.29) is 5.54 Å². The third-order valence-corrected chi connectivity index (χ3v) is 7.76. The Labute approximate surface area is 109 Å². The zero-order valence-electron chi connectivity index (χ0n) is 13.1. The van der Waals surface area contributed by atoms with Crippen molar-refractivity contribution in [1.82, 2.24) is 0 Å². The van der Waals surface area contributed by atoms with Crippen molar-refractivity contribution in [3.05, 3.63) is 0 Å². The van der Waals surface area contributed by atoms with Gasteiger partial charge in [-0.1, -0.05) is 20.8 Å². The van der Waals surface area contributed by atoms with Gasteiger partial charge in [0, 0.05) is 6.61 Å². The minimum absolute atomic E-state index is 0.0558. The Hall–Kier alpha value is -0.153. The quantitative estimate of drug-likeness (QED) is 0.399. The first-order chi connectivity index (χ1) is 7.46. The maximum Gasteiger partial charge on any atom is 0.191 e. The molecule has 3 heteroatoms. The Morgan fingerprint density at radius 2 is 1.59 bits per heavy atom. The largest absolute Gasteiger partial charge is 0.417 e. The van der Waals surface area contributed by atoms with Gasteiger partial charge in [-0.2, -0.15) is 0 Å². The Balaban J connectivity index is 3.84. The lowest BCUT2D eigenvalue weighted by Gasteiger charge is -2.36. The fourth-order valence-electron chi connectivity index (χ4n) is 1.06. The molecule has 0 radical (unpaired) electrons. The molecular weight excluding hydrogens is 226 g/mol. The van der Waals surface area contributed by atoms with Gasteiger partial charge in [0.25, 0.3) is 0 Å². The number of rotatable bonds is 5. The van der Waals surface area contributed by atoms with Crippen LogP contribution in [0.5, 0.6) is 0 Å². The molecule has 0 saturated heterocycles. The lowest BCUT2D eigenvalue weighted by molar-refractivity contribution is 0.285. The Bertz CT molecular complexity index is 246. The van der Waals surface area contributed by atoms with Gasteiger partial charge in [-0.15, -0.1) is 0 Å².